The molecule has 0 heterocycles. The Morgan fingerprint density at radius 2 is 1.23 bits per heavy atom. The van der Waals surface area contributed by atoms with E-state index in [1.807, 2.05) is 30.5 Å². The summed E-state index contributed by atoms with van der Waals surface area (Å²) < 4.78 is 11.1. The van der Waals surface area contributed by atoms with Gasteiger partial charge in [0.05, 0.1) is 19.9 Å². The highest BCUT2D eigenvalue weighted by atomic mass is 16.5. The third-order valence-electron chi connectivity index (χ3n) is 9.38. The number of ether oxygens (including phenoxy) is 2. The molecule has 0 spiro atoms. The molecule has 0 aliphatic rings. The fraction of sp³-hybridized carbons (Fsp3) is 0.525. The van der Waals surface area contributed by atoms with Crippen molar-refractivity contribution in [3.05, 3.63) is 71.8 Å². The van der Waals surface area contributed by atoms with Gasteiger partial charge in [0.25, 0.3) is 0 Å². The smallest absolute Gasteiger partial charge is 0.143 e. The van der Waals surface area contributed by atoms with E-state index in [2.05, 4.69) is 72.1 Å². The zero-order valence-electron chi connectivity index (χ0n) is 30.3. The molecule has 0 saturated carbocycles. The normalized spacial score (nSPS) is 12.9. The molecule has 0 aliphatic heterocycles. The summed E-state index contributed by atoms with van der Waals surface area (Å²) >= 11 is 0. The van der Waals surface area contributed by atoms with Crippen LogP contribution in [0, 0.1) is 0 Å². The largest absolute Gasteiger partial charge is 0.506 e. The Balaban J connectivity index is 1.33. The molecule has 3 aromatic carbocycles. The SMILES string of the molecule is CCN(CCCCCC=Nc1cc(O)c(NCCCCCCN(CC)[C@H](C)c2ccccc2OC)cc1O)[C@H](C)c1ccccc1OC. The van der Waals surface area contributed by atoms with Gasteiger partial charge in [-0.25, -0.2) is 0 Å². The van der Waals surface area contributed by atoms with Crippen LogP contribution in [0.1, 0.15) is 102 Å². The minimum absolute atomic E-state index is 0.0688. The number of hydrogen-bond donors (Lipinski definition) is 3. The second-order valence-corrected chi connectivity index (χ2v) is 12.5. The van der Waals surface area contributed by atoms with Gasteiger partial charge in [-0.15, -0.1) is 0 Å². The van der Waals surface area contributed by atoms with Gasteiger partial charge < -0.3 is 25.0 Å². The number of hydrogen-bond acceptors (Lipinski definition) is 8. The second kappa shape index (κ2) is 21.3. The first-order valence-electron chi connectivity index (χ1n) is 17.9. The van der Waals surface area contributed by atoms with E-state index in [1.54, 1.807) is 20.3 Å². The Morgan fingerprint density at radius 1 is 0.708 bits per heavy atom. The van der Waals surface area contributed by atoms with Crippen molar-refractivity contribution in [1.82, 2.24) is 9.80 Å². The van der Waals surface area contributed by atoms with E-state index in [0.29, 0.717) is 23.5 Å². The Morgan fingerprint density at radius 3 is 1.77 bits per heavy atom. The maximum absolute atomic E-state index is 10.6. The number of unbranched alkanes of at least 4 members (excludes halogenated alkanes) is 6. The molecule has 8 nitrogen and oxygen atoms in total. The topological polar surface area (TPSA) is 89.8 Å². The molecule has 264 valence electrons. The predicted octanol–water partition coefficient (Wildman–Crippen LogP) is 9.52. The fourth-order valence-electron chi connectivity index (χ4n) is 6.39. The van der Waals surface area contributed by atoms with Crippen molar-refractivity contribution in [2.24, 2.45) is 4.99 Å². The van der Waals surface area contributed by atoms with Crippen LogP contribution in [-0.2, 0) is 0 Å². The summed E-state index contributed by atoms with van der Waals surface area (Å²) in [6.07, 6.45) is 10.2. The number of phenols is 2. The zero-order valence-corrected chi connectivity index (χ0v) is 30.3. The van der Waals surface area contributed by atoms with Gasteiger partial charge in [-0.3, -0.25) is 14.8 Å². The van der Waals surface area contributed by atoms with Crippen molar-refractivity contribution in [1.29, 1.82) is 0 Å². The number of aromatic hydroxyl groups is 2. The monoisotopic (exact) mass is 660 g/mol. The molecule has 48 heavy (non-hydrogen) atoms. The molecule has 0 amide bonds. The molecule has 8 heteroatoms. The minimum Gasteiger partial charge on any atom is -0.506 e. The van der Waals surface area contributed by atoms with E-state index in [9.17, 15) is 10.2 Å². The number of phenolic OH excluding ortho intramolecular Hbond substituents is 2. The van der Waals surface area contributed by atoms with Crippen molar-refractivity contribution in [2.75, 3.05) is 52.3 Å². The van der Waals surface area contributed by atoms with Crippen molar-refractivity contribution in [3.63, 3.8) is 0 Å². The lowest BCUT2D eigenvalue weighted by molar-refractivity contribution is 0.213. The first-order valence-corrected chi connectivity index (χ1v) is 17.9. The Hall–Kier alpha value is -3.75. The highest BCUT2D eigenvalue weighted by molar-refractivity contribution is 5.72. The average molecular weight is 661 g/mol. The van der Waals surface area contributed by atoms with Crippen molar-refractivity contribution < 1.29 is 19.7 Å². The third-order valence-corrected chi connectivity index (χ3v) is 9.38. The maximum atomic E-state index is 10.6. The molecular formula is C40H60N4O4. The van der Waals surface area contributed by atoms with Gasteiger partial charge in [0.15, 0.2) is 0 Å². The van der Waals surface area contributed by atoms with E-state index in [-0.39, 0.29) is 11.5 Å². The van der Waals surface area contributed by atoms with Crippen molar-refractivity contribution in [2.45, 2.75) is 91.1 Å². The highest BCUT2D eigenvalue weighted by Gasteiger charge is 2.18. The Kier molecular flexibility index (Phi) is 17.1. The molecule has 3 N–H and O–H groups in total. The lowest BCUT2D eigenvalue weighted by atomic mass is 10.0. The van der Waals surface area contributed by atoms with Crippen molar-refractivity contribution in [3.8, 4) is 23.0 Å². The summed E-state index contributed by atoms with van der Waals surface area (Å²) in [6.45, 7) is 13.7. The second-order valence-electron chi connectivity index (χ2n) is 12.5. The average Bonchev–Trinajstić information content (AvgIpc) is 3.11. The van der Waals surface area contributed by atoms with Crippen LogP contribution in [0.3, 0.4) is 0 Å². The number of para-hydroxylation sites is 2. The molecule has 0 aromatic heterocycles. The van der Waals surface area contributed by atoms with Crippen LogP contribution in [0.2, 0.25) is 0 Å². The molecule has 3 aromatic rings. The van der Waals surface area contributed by atoms with Gasteiger partial charge in [0.1, 0.15) is 28.7 Å². The summed E-state index contributed by atoms with van der Waals surface area (Å²) in [5.74, 6) is 2.06. The molecule has 0 bridgehead atoms. The van der Waals surface area contributed by atoms with E-state index in [1.165, 1.54) is 17.2 Å². The summed E-state index contributed by atoms with van der Waals surface area (Å²) in [6, 6.07) is 20.2. The predicted molar refractivity (Wildman–Crippen MR) is 201 cm³/mol. The minimum atomic E-state index is 0.0688. The molecule has 0 fully saturated rings. The number of rotatable bonds is 23. The summed E-state index contributed by atoms with van der Waals surface area (Å²) in [5, 5.41) is 24.4. The van der Waals surface area contributed by atoms with Gasteiger partial charge in [0.2, 0.25) is 0 Å². The summed E-state index contributed by atoms with van der Waals surface area (Å²) in [7, 11) is 3.46. The molecule has 0 aliphatic carbocycles. The van der Waals surface area contributed by atoms with Gasteiger partial charge in [0, 0.05) is 48.1 Å². The molecule has 2 atom stereocenters. The van der Waals surface area contributed by atoms with Crippen LogP contribution in [0.25, 0.3) is 0 Å². The third kappa shape index (κ3) is 11.7. The van der Waals surface area contributed by atoms with E-state index < -0.39 is 0 Å². The number of nitrogens with zero attached hydrogens (tertiary/aromatic N) is 3. The lowest BCUT2D eigenvalue weighted by Crippen LogP contribution is -2.28. The van der Waals surface area contributed by atoms with Crippen LogP contribution >= 0.6 is 0 Å². The Labute approximate surface area is 289 Å². The zero-order chi connectivity index (χ0) is 34.7. The van der Waals surface area contributed by atoms with Crippen LogP contribution in [0.4, 0.5) is 11.4 Å². The fourth-order valence-corrected chi connectivity index (χ4v) is 6.39. The molecule has 0 radical (unpaired) electrons. The number of methoxy groups -OCH3 is 2. The van der Waals surface area contributed by atoms with Crippen LogP contribution in [0.15, 0.2) is 65.7 Å². The standard InChI is InChI=1S/C40H60N4O4/c1-7-43(31(3)33-21-13-15-23-39(33)47-5)27-19-11-9-17-25-41-35-29-38(46)36(30-37(35)45)42-26-18-10-12-20-28-44(8-2)32(4)34-22-14-16-24-40(34)48-6/h13-16,21-25,29-32,42,45-46H,7-12,17-20,26-28H2,1-6H3/t31-,32-/m1/s1. The van der Waals surface area contributed by atoms with Gasteiger partial charge in [-0.2, -0.15) is 0 Å². The van der Waals surface area contributed by atoms with Gasteiger partial charge in [-0.05, 0) is 84.3 Å². The van der Waals surface area contributed by atoms with Gasteiger partial charge in [-0.1, -0.05) is 69.5 Å². The molecule has 0 saturated heterocycles. The highest BCUT2D eigenvalue weighted by Crippen LogP contribution is 2.37. The van der Waals surface area contributed by atoms with Gasteiger partial charge >= 0.3 is 0 Å². The number of benzene rings is 3. The summed E-state index contributed by atoms with van der Waals surface area (Å²) in [4.78, 5) is 9.41. The van der Waals surface area contributed by atoms with Crippen LogP contribution < -0.4 is 14.8 Å². The van der Waals surface area contributed by atoms with E-state index in [4.69, 9.17) is 9.47 Å². The number of anilines is 1. The number of nitrogens with one attached hydrogen (secondary N) is 1. The first-order chi connectivity index (χ1) is 23.3. The summed E-state index contributed by atoms with van der Waals surface area (Å²) in [5.41, 5.74) is 3.38. The Bertz CT molecular complexity index is 1380. The van der Waals surface area contributed by atoms with E-state index >= 15 is 0 Å². The molecular weight excluding hydrogens is 600 g/mol. The van der Waals surface area contributed by atoms with Crippen molar-refractivity contribution >= 4 is 17.6 Å². The van der Waals surface area contributed by atoms with E-state index in [0.717, 1.165) is 95.6 Å². The molecule has 3 rings (SSSR count). The number of aliphatic imine (C=N–C) groups is 1. The first kappa shape index (κ1) is 38.7. The van der Waals surface area contributed by atoms with Crippen LogP contribution in [-0.4, -0.2) is 73.2 Å². The quantitative estimate of drug-likeness (QED) is 0.0404. The molecule has 0 unspecified atom stereocenters. The maximum Gasteiger partial charge on any atom is 0.143 e. The van der Waals surface area contributed by atoms with Crippen LogP contribution in [0.5, 0.6) is 23.0 Å². The lowest BCUT2D eigenvalue weighted by Gasteiger charge is -2.29.